The van der Waals surface area contributed by atoms with E-state index >= 15 is 0 Å². The molecule has 1 heterocycles. The molecule has 3 rings (SSSR count). The molecule has 0 bridgehead atoms. The number of nitrogens with zero attached hydrogens (tertiary/aromatic N) is 1. The largest absolute Gasteiger partial charge is 0.483 e. The fourth-order valence-electron chi connectivity index (χ4n) is 3.92. The summed E-state index contributed by atoms with van der Waals surface area (Å²) in [5.41, 5.74) is 4.84. The van der Waals surface area contributed by atoms with Crippen molar-refractivity contribution in [3.63, 3.8) is 0 Å². The van der Waals surface area contributed by atoms with Gasteiger partial charge in [-0.15, -0.1) is 0 Å². The Labute approximate surface area is 185 Å². The summed E-state index contributed by atoms with van der Waals surface area (Å²) in [4.78, 5) is 12.8. The molecule has 0 aromatic heterocycles. The topological polar surface area (TPSA) is 75.7 Å². The highest BCUT2D eigenvalue weighted by Gasteiger charge is 2.31. The maximum atomic E-state index is 13.1. The molecular formula is C24H32N2O4S. The number of nitrogens with one attached hydrogen (secondary N) is 1. The maximum absolute atomic E-state index is 13.1. The third-order valence-electron chi connectivity index (χ3n) is 6.00. The van der Waals surface area contributed by atoms with Crippen molar-refractivity contribution in [2.45, 2.75) is 58.4 Å². The Balaban J connectivity index is 1.55. The van der Waals surface area contributed by atoms with Crippen molar-refractivity contribution in [1.29, 1.82) is 0 Å². The first kappa shape index (κ1) is 23.3. The van der Waals surface area contributed by atoms with Gasteiger partial charge in [0.1, 0.15) is 5.75 Å². The minimum atomic E-state index is -3.53. The van der Waals surface area contributed by atoms with E-state index in [1.54, 1.807) is 6.07 Å². The summed E-state index contributed by atoms with van der Waals surface area (Å²) in [5, 5.41) is 2.99. The van der Waals surface area contributed by atoms with Crippen LogP contribution in [0.4, 0.5) is 0 Å². The number of carbonyl (C=O) groups excluding carboxylic acids is 1. The second-order valence-corrected chi connectivity index (χ2v) is 10.4. The van der Waals surface area contributed by atoms with Crippen LogP contribution in [0.1, 0.15) is 40.7 Å². The summed E-state index contributed by atoms with van der Waals surface area (Å²) < 4.78 is 33.4. The molecule has 0 atom stereocenters. The first-order valence-corrected chi connectivity index (χ1v) is 12.1. The van der Waals surface area contributed by atoms with Gasteiger partial charge in [0.05, 0.1) is 4.90 Å². The van der Waals surface area contributed by atoms with Gasteiger partial charge >= 0.3 is 0 Å². The van der Waals surface area contributed by atoms with Gasteiger partial charge in [0, 0.05) is 19.1 Å². The number of piperidine rings is 1. The highest BCUT2D eigenvalue weighted by Crippen LogP contribution is 2.26. The van der Waals surface area contributed by atoms with Crippen molar-refractivity contribution in [1.82, 2.24) is 9.62 Å². The zero-order valence-electron chi connectivity index (χ0n) is 19.0. The SMILES string of the molecule is Cc1ccc(C)c(S(=O)(=O)N2CCC(NC(=O)COc3c(C)ccc(C)c3C)CC2)c1. The zero-order valence-corrected chi connectivity index (χ0v) is 19.8. The molecule has 0 aliphatic carbocycles. The summed E-state index contributed by atoms with van der Waals surface area (Å²) in [7, 11) is -3.53. The standard InChI is InChI=1S/C24H32N2O4S/c1-16-6-7-18(3)22(14-16)31(28,29)26-12-10-21(11-13-26)25-23(27)15-30-24-19(4)9-8-17(2)20(24)5/h6-9,14,21H,10-13,15H2,1-5H3,(H,25,27). The highest BCUT2D eigenvalue weighted by molar-refractivity contribution is 7.89. The van der Waals surface area contributed by atoms with Crippen LogP contribution in [0.25, 0.3) is 0 Å². The second kappa shape index (κ2) is 9.40. The Kier molecular flexibility index (Phi) is 7.06. The van der Waals surface area contributed by atoms with Crippen molar-refractivity contribution in [3.8, 4) is 5.75 Å². The number of hydrogen-bond donors (Lipinski definition) is 1. The molecule has 1 aliphatic heterocycles. The molecule has 2 aromatic carbocycles. The lowest BCUT2D eigenvalue weighted by Crippen LogP contribution is -2.47. The van der Waals surface area contributed by atoms with Crippen molar-refractivity contribution in [3.05, 3.63) is 58.1 Å². The Hall–Kier alpha value is -2.38. The minimum absolute atomic E-state index is 0.0495. The van der Waals surface area contributed by atoms with E-state index in [1.807, 2.05) is 58.9 Å². The molecule has 1 aliphatic rings. The lowest BCUT2D eigenvalue weighted by atomic mass is 10.1. The lowest BCUT2D eigenvalue weighted by Gasteiger charge is -2.32. The smallest absolute Gasteiger partial charge is 0.258 e. The van der Waals surface area contributed by atoms with Crippen molar-refractivity contribution >= 4 is 15.9 Å². The molecule has 1 saturated heterocycles. The van der Waals surface area contributed by atoms with Gasteiger partial charge < -0.3 is 10.1 Å². The van der Waals surface area contributed by atoms with Gasteiger partial charge in [-0.3, -0.25) is 4.79 Å². The van der Waals surface area contributed by atoms with Crippen molar-refractivity contribution < 1.29 is 17.9 Å². The Morgan fingerprint density at radius 3 is 2.29 bits per heavy atom. The van der Waals surface area contributed by atoms with Gasteiger partial charge in [-0.05, 0) is 81.3 Å². The van der Waals surface area contributed by atoms with Crippen LogP contribution >= 0.6 is 0 Å². The molecule has 0 unspecified atom stereocenters. The number of ether oxygens (including phenoxy) is 1. The van der Waals surface area contributed by atoms with E-state index in [9.17, 15) is 13.2 Å². The molecule has 2 aromatic rings. The molecule has 1 N–H and O–H groups in total. The van der Waals surface area contributed by atoms with Crippen LogP contribution in [0.2, 0.25) is 0 Å². The van der Waals surface area contributed by atoms with E-state index in [1.165, 1.54) is 4.31 Å². The first-order chi connectivity index (χ1) is 14.6. The molecule has 7 heteroatoms. The average molecular weight is 445 g/mol. The van der Waals surface area contributed by atoms with Crippen LogP contribution in [0.3, 0.4) is 0 Å². The molecule has 6 nitrogen and oxygen atoms in total. The predicted octanol–water partition coefficient (Wildman–Crippen LogP) is 3.58. The van der Waals surface area contributed by atoms with E-state index in [2.05, 4.69) is 5.32 Å². The van der Waals surface area contributed by atoms with E-state index in [4.69, 9.17) is 4.74 Å². The van der Waals surface area contributed by atoms with Gasteiger partial charge in [0.15, 0.2) is 6.61 Å². The summed E-state index contributed by atoms with van der Waals surface area (Å²) in [6.07, 6.45) is 1.16. The third kappa shape index (κ3) is 5.28. The maximum Gasteiger partial charge on any atom is 0.258 e. The van der Waals surface area contributed by atoms with Gasteiger partial charge in [-0.1, -0.05) is 24.3 Å². The summed E-state index contributed by atoms with van der Waals surface area (Å²) >= 11 is 0. The Morgan fingerprint density at radius 2 is 1.61 bits per heavy atom. The monoisotopic (exact) mass is 444 g/mol. The van der Waals surface area contributed by atoms with Crippen LogP contribution < -0.4 is 10.1 Å². The number of aryl methyl sites for hydroxylation is 4. The number of sulfonamides is 1. The lowest BCUT2D eigenvalue weighted by molar-refractivity contribution is -0.124. The van der Waals surface area contributed by atoms with Gasteiger partial charge in [0.2, 0.25) is 10.0 Å². The molecule has 0 spiro atoms. The van der Waals surface area contributed by atoms with Crippen molar-refractivity contribution in [2.24, 2.45) is 0 Å². The fourth-order valence-corrected chi connectivity index (χ4v) is 5.70. The molecule has 31 heavy (non-hydrogen) atoms. The number of hydrogen-bond acceptors (Lipinski definition) is 4. The first-order valence-electron chi connectivity index (χ1n) is 10.7. The average Bonchev–Trinajstić information content (AvgIpc) is 2.73. The van der Waals surface area contributed by atoms with Crippen LogP contribution in [0, 0.1) is 34.6 Å². The molecule has 1 amide bonds. The Bertz CT molecular complexity index is 1070. The van der Waals surface area contributed by atoms with E-state index in [0.29, 0.717) is 30.8 Å². The molecule has 168 valence electrons. The molecule has 0 radical (unpaired) electrons. The summed E-state index contributed by atoms with van der Waals surface area (Å²) in [6, 6.07) is 9.45. The fraction of sp³-hybridized carbons (Fsp3) is 0.458. The number of rotatable bonds is 6. The molecule has 0 saturated carbocycles. The normalized spacial score (nSPS) is 15.6. The van der Waals surface area contributed by atoms with E-state index in [-0.39, 0.29) is 18.6 Å². The summed E-state index contributed by atoms with van der Waals surface area (Å²) in [6.45, 7) is 10.4. The molecular weight excluding hydrogens is 412 g/mol. The zero-order chi connectivity index (χ0) is 22.8. The minimum Gasteiger partial charge on any atom is -0.483 e. The Morgan fingerprint density at radius 1 is 1.00 bits per heavy atom. The predicted molar refractivity (Wildman–Crippen MR) is 122 cm³/mol. The third-order valence-corrected chi connectivity index (χ3v) is 8.04. The summed E-state index contributed by atoms with van der Waals surface area (Å²) in [5.74, 6) is 0.570. The van der Waals surface area contributed by atoms with Gasteiger partial charge in [0.25, 0.3) is 5.91 Å². The van der Waals surface area contributed by atoms with E-state index in [0.717, 1.165) is 33.6 Å². The van der Waals surface area contributed by atoms with Crippen LogP contribution in [0.5, 0.6) is 5.75 Å². The number of benzene rings is 2. The van der Waals surface area contributed by atoms with Crippen molar-refractivity contribution in [2.75, 3.05) is 19.7 Å². The van der Waals surface area contributed by atoms with Gasteiger partial charge in [-0.25, -0.2) is 8.42 Å². The van der Waals surface area contributed by atoms with Crippen LogP contribution in [-0.2, 0) is 14.8 Å². The molecule has 1 fully saturated rings. The van der Waals surface area contributed by atoms with Crippen LogP contribution in [0.15, 0.2) is 35.2 Å². The van der Waals surface area contributed by atoms with Crippen LogP contribution in [-0.4, -0.2) is 44.4 Å². The number of carbonyl (C=O) groups is 1. The quantitative estimate of drug-likeness (QED) is 0.739. The second-order valence-electron chi connectivity index (χ2n) is 8.46. The number of amides is 1. The van der Waals surface area contributed by atoms with Gasteiger partial charge in [-0.2, -0.15) is 4.31 Å². The van der Waals surface area contributed by atoms with E-state index < -0.39 is 10.0 Å². The highest BCUT2D eigenvalue weighted by atomic mass is 32.2.